The van der Waals surface area contributed by atoms with Gasteiger partial charge in [0, 0.05) is 10.2 Å². The van der Waals surface area contributed by atoms with Gasteiger partial charge in [-0.05, 0) is 17.7 Å². The van der Waals surface area contributed by atoms with Crippen molar-refractivity contribution in [2.24, 2.45) is 0 Å². The summed E-state index contributed by atoms with van der Waals surface area (Å²) in [6, 6.07) is 8.23. The van der Waals surface area contributed by atoms with Crippen molar-refractivity contribution in [3.05, 3.63) is 40.6 Å². The molecule has 0 unspecified atom stereocenters. The van der Waals surface area contributed by atoms with Crippen LogP contribution in [0.15, 0.2) is 40.2 Å². The predicted molar refractivity (Wildman–Crippen MR) is 78.6 cm³/mol. The van der Waals surface area contributed by atoms with Gasteiger partial charge in [-0.15, -0.1) is 0 Å². The number of anilines is 1. The Kier molecular flexibility index (Phi) is 3.39. The van der Waals surface area contributed by atoms with Crippen LogP contribution in [0.5, 0.6) is 0 Å². The quantitative estimate of drug-likeness (QED) is 0.719. The van der Waals surface area contributed by atoms with E-state index in [1.165, 1.54) is 5.56 Å². The van der Waals surface area contributed by atoms with Gasteiger partial charge in [0.2, 0.25) is 17.3 Å². The second-order valence-electron chi connectivity index (χ2n) is 3.97. The molecule has 1 aromatic carbocycles. The first-order valence-corrected chi connectivity index (χ1v) is 7.39. The summed E-state index contributed by atoms with van der Waals surface area (Å²) in [4.78, 5) is 14.5. The number of thioether (sulfide) groups is 1. The molecule has 0 saturated heterocycles. The molecule has 0 spiro atoms. The van der Waals surface area contributed by atoms with Gasteiger partial charge in [-0.3, -0.25) is 0 Å². The highest BCUT2D eigenvalue weighted by molar-refractivity contribution is 9.10. The molecule has 5 nitrogen and oxygen atoms in total. The van der Waals surface area contributed by atoms with Crippen LogP contribution >= 0.6 is 27.7 Å². The van der Waals surface area contributed by atoms with Crippen LogP contribution in [0.2, 0.25) is 0 Å². The zero-order valence-electron chi connectivity index (χ0n) is 9.85. The molecule has 0 saturated carbocycles. The number of hydrogen-bond acceptors (Lipinski definition) is 4. The molecule has 2 aromatic heterocycles. The van der Waals surface area contributed by atoms with E-state index >= 15 is 0 Å². The maximum absolute atomic E-state index is 5.78. The molecule has 7 heteroatoms. The summed E-state index contributed by atoms with van der Waals surface area (Å²) in [5, 5.41) is 0.828. The highest BCUT2D eigenvalue weighted by Gasteiger charge is 2.13. The van der Waals surface area contributed by atoms with E-state index in [1.807, 2.05) is 12.1 Å². The third kappa shape index (κ3) is 2.71. The first kappa shape index (κ1) is 12.4. The minimum absolute atomic E-state index is 0.455. The van der Waals surface area contributed by atoms with Crippen molar-refractivity contribution in [3.63, 3.8) is 0 Å². The van der Waals surface area contributed by atoms with Crippen molar-refractivity contribution in [2.45, 2.75) is 10.9 Å². The predicted octanol–water partition coefficient (Wildman–Crippen LogP) is 2.41. The summed E-state index contributed by atoms with van der Waals surface area (Å²) >= 11 is 5.05. The molecule has 3 aromatic rings. The van der Waals surface area contributed by atoms with E-state index in [0.29, 0.717) is 5.82 Å². The second-order valence-corrected chi connectivity index (χ2v) is 5.85. The van der Waals surface area contributed by atoms with Gasteiger partial charge in [0.1, 0.15) is 0 Å². The normalized spacial score (nSPS) is 11.0. The first-order chi connectivity index (χ1) is 9.22. The Morgan fingerprint density at radius 2 is 2.11 bits per heavy atom. The van der Waals surface area contributed by atoms with Crippen molar-refractivity contribution in [1.82, 2.24) is 15.0 Å². The Bertz CT molecular complexity index is 710. The zero-order chi connectivity index (χ0) is 13.2. The van der Waals surface area contributed by atoms with Gasteiger partial charge in [0.25, 0.3) is 5.65 Å². The SMILES string of the molecule is Nc1nc[nH+]c2nc(SCc3ccc(Br)cc3)[nH]c12. The van der Waals surface area contributed by atoms with Gasteiger partial charge >= 0.3 is 0 Å². The monoisotopic (exact) mass is 336 g/mol. The van der Waals surface area contributed by atoms with Gasteiger partial charge in [-0.2, -0.15) is 0 Å². The molecule has 0 bridgehead atoms. The molecule has 0 aliphatic carbocycles. The van der Waals surface area contributed by atoms with Gasteiger partial charge in [0.05, 0.1) is 0 Å². The minimum atomic E-state index is 0.455. The Hall–Kier alpha value is -1.60. The van der Waals surface area contributed by atoms with E-state index in [9.17, 15) is 0 Å². The van der Waals surface area contributed by atoms with Crippen molar-refractivity contribution < 1.29 is 4.98 Å². The number of nitrogens with two attached hydrogens (primary N) is 1. The number of hydrogen-bond donors (Lipinski definition) is 2. The lowest BCUT2D eigenvalue weighted by Crippen LogP contribution is -2.06. The average Bonchev–Trinajstić information content (AvgIpc) is 2.83. The first-order valence-electron chi connectivity index (χ1n) is 5.61. The van der Waals surface area contributed by atoms with Crippen molar-refractivity contribution in [2.75, 3.05) is 5.73 Å². The van der Waals surface area contributed by atoms with Gasteiger partial charge in [-0.1, -0.05) is 49.8 Å². The van der Waals surface area contributed by atoms with Crippen LogP contribution < -0.4 is 10.7 Å². The molecule has 4 N–H and O–H groups in total. The summed E-state index contributed by atoms with van der Waals surface area (Å²) in [7, 11) is 0. The standard InChI is InChI=1S/C12H10BrN5S/c13-8-3-1-7(2-4-8)5-19-12-17-9-10(14)15-6-16-11(9)18-12/h1-4,6H,5H2,(H3,14,15,16,17,18)/p+1. The molecule has 96 valence electrons. The lowest BCUT2D eigenvalue weighted by molar-refractivity contribution is -0.352. The van der Waals surface area contributed by atoms with Gasteiger partial charge in [-0.25, -0.2) is 4.98 Å². The summed E-state index contributed by atoms with van der Waals surface area (Å²) in [5.41, 5.74) is 8.49. The fraction of sp³-hybridized carbons (Fsp3) is 0.0833. The highest BCUT2D eigenvalue weighted by atomic mass is 79.9. The smallest absolute Gasteiger partial charge is 0.292 e. The van der Waals surface area contributed by atoms with E-state index in [2.05, 4.69) is 48.0 Å². The summed E-state index contributed by atoms with van der Waals surface area (Å²) in [5.74, 6) is 1.30. The number of aromatic nitrogens is 4. The number of nitrogens with one attached hydrogen (secondary N) is 2. The van der Waals surface area contributed by atoms with E-state index in [0.717, 1.165) is 26.5 Å². The Morgan fingerprint density at radius 1 is 1.32 bits per heavy atom. The Labute approximate surface area is 122 Å². The summed E-state index contributed by atoms with van der Waals surface area (Å²) < 4.78 is 1.08. The maximum Gasteiger partial charge on any atom is 0.292 e. The summed E-state index contributed by atoms with van der Waals surface area (Å²) in [6.45, 7) is 0. The van der Waals surface area contributed by atoms with Crippen molar-refractivity contribution in [3.8, 4) is 0 Å². The lowest BCUT2D eigenvalue weighted by Gasteiger charge is -1.97. The maximum atomic E-state index is 5.78. The van der Waals surface area contributed by atoms with Crippen molar-refractivity contribution in [1.29, 1.82) is 0 Å². The molecular weight excluding hydrogens is 326 g/mol. The van der Waals surface area contributed by atoms with Crippen LogP contribution in [0, 0.1) is 0 Å². The number of benzene rings is 1. The Balaban J connectivity index is 1.78. The number of aromatic amines is 2. The van der Waals surface area contributed by atoms with E-state index < -0.39 is 0 Å². The molecule has 0 radical (unpaired) electrons. The summed E-state index contributed by atoms with van der Waals surface area (Å²) in [6.07, 6.45) is 1.54. The topological polar surface area (TPSA) is 81.7 Å². The van der Waals surface area contributed by atoms with Crippen LogP contribution in [-0.4, -0.2) is 15.0 Å². The molecule has 0 atom stereocenters. The second kappa shape index (κ2) is 5.18. The third-order valence-corrected chi connectivity index (χ3v) is 4.11. The molecule has 0 aliphatic heterocycles. The number of fused-ring (bicyclic) bond motifs is 1. The third-order valence-electron chi connectivity index (χ3n) is 2.63. The molecule has 3 rings (SSSR count). The zero-order valence-corrected chi connectivity index (χ0v) is 12.3. The van der Waals surface area contributed by atoms with Crippen LogP contribution in [0.1, 0.15) is 5.56 Å². The lowest BCUT2D eigenvalue weighted by atomic mass is 10.2. The van der Waals surface area contributed by atoms with E-state index in [1.54, 1.807) is 18.1 Å². The molecule has 0 fully saturated rings. The fourth-order valence-corrected chi connectivity index (χ4v) is 2.76. The fourth-order valence-electron chi connectivity index (χ4n) is 1.67. The van der Waals surface area contributed by atoms with E-state index in [4.69, 9.17) is 5.73 Å². The van der Waals surface area contributed by atoms with Crippen LogP contribution in [0.3, 0.4) is 0 Å². The van der Waals surface area contributed by atoms with Crippen LogP contribution in [0.4, 0.5) is 5.82 Å². The molecule has 19 heavy (non-hydrogen) atoms. The molecule has 0 aliphatic rings. The van der Waals surface area contributed by atoms with E-state index in [-0.39, 0.29) is 0 Å². The number of rotatable bonds is 3. The highest BCUT2D eigenvalue weighted by Crippen LogP contribution is 2.23. The van der Waals surface area contributed by atoms with Gasteiger partial charge < -0.3 is 10.7 Å². The van der Waals surface area contributed by atoms with Gasteiger partial charge in [0.15, 0.2) is 5.52 Å². The van der Waals surface area contributed by atoms with Crippen molar-refractivity contribution >= 4 is 44.7 Å². The van der Waals surface area contributed by atoms with Crippen LogP contribution in [-0.2, 0) is 5.75 Å². The number of nitrogen functional groups attached to an aromatic ring is 1. The minimum Gasteiger partial charge on any atom is -0.368 e. The average molecular weight is 337 g/mol. The molecule has 2 heterocycles. The number of nitrogens with zero attached hydrogens (tertiary/aromatic N) is 2. The molecule has 0 amide bonds. The number of imidazole rings is 1. The van der Waals surface area contributed by atoms with Crippen LogP contribution in [0.25, 0.3) is 11.2 Å². The molecular formula is C12H11BrN5S+. The number of H-pyrrole nitrogens is 2. The Morgan fingerprint density at radius 3 is 2.84 bits per heavy atom. The number of halogens is 1. The largest absolute Gasteiger partial charge is 0.368 e.